The predicted molar refractivity (Wildman–Crippen MR) is 97.7 cm³/mol. The van der Waals surface area contributed by atoms with Gasteiger partial charge in [0, 0.05) is 28.8 Å². The molecular formula is C19H20BrN3. The quantitative estimate of drug-likeness (QED) is 0.715. The van der Waals surface area contributed by atoms with Gasteiger partial charge in [-0.25, -0.2) is 4.68 Å². The van der Waals surface area contributed by atoms with Crippen LogP contribution in [0.15, 0.2) is 59.1 Å². The van der Waals surface area contributed by atoms with E-state index in [1.54, 1.807) is 0 Å². The Morgan fingerprint density at radius 1 is 0.957 bits per heavy atom. The molecule has 1 heterocycles. The maximum absolute atomic E-state index is 4.69. The summed E-state index contributed by atoms with van der Waals surface area (Å²) >= 11 is 3.59. The fraction of sp³-hybridized carbons (Fsp3) is 0.211. The van der Waals surface area contributed by atoms with Crippen LogP contribution in [0.2, 0.25) is 0 Å². The van der Waals surface area contributed by atoms with E-state index in [1.165, 1.54) is 16.8 Å². The van der Waals surface area contributed by atoms with Crippen LogP contribution in [0.5, 0.6) is 0 Å². The van der Waals surface area contributed by atoms with E-state index in [2.05, 4.69) is 65.4 Å². The van der Waals surface area contributed by atoms with E-state index in [0.717, 1.165) is 28.9 Å². The number of para-hydroxylation sites is 1. The predicted octanol–water partition coefficient (Wildman–Crippen LogP) is 4.54. The van der Waals surface area contributed by atoms with E-state index >= 15 is 0 Å². The highest BCUT2D eigenvalue weighted by Crippen LogP contribution is 2.19. The molecule has 3 aromatic rings. The van der Waals surface area contributed by atoms with Crippen LogP contribution in [0.4, 0.5) is 0 Å². The van der Waals surface area contributed by atoms with Crippen molar-refractivity contribution in [2.45, 2.75) is 26.9 Å². The fourth-order valence-corrected chi connectivity index (χ4v) is 3.14. The molecule has 0 aliphatic rings. The molecule has 118 valence electrons. The van der Waals surface area contributed by atoms with Crippen LogP contribution in [0.3, 0.4) is 0 Å². The molecule has 2 aromatic carbocycles. The lowest BCUT2D eigenvalue weighted by Crippen LogP contribution is -2.14. The molecule has 0 radical (unpaired) electrons. The van der Waals surface area contributed by atoms with Gasteiger partial charge in [-0.3, -0.25) is 0 Å². The number of hydrogen-bond acceptors (Lipinski definition) is 2. The maximum atomic E-state index is 4.69. The summed E-state index contributed by atoms with van der Waals surface area (Å²) in [6, 6.07) is 18.6. The lowest BCUT2D eigenvalue weighted by molar-refractivity contribution is 0.685. The SMILES string of the molecule is Cc1nn(-c2ccccc2)c(C)c1CNCc1ccccc1Br. The van der Waals surface area contributed by atoms with Gasteiger partial charge in [0.1, 0.15) is 0 Å². The number of rotatable bonds is 5. The van der Waals surface area contributed by atoms with Crippen molar-refractivity contribution in [1.82, 2.24) is 15.1 Å². The third-order valence-electron chi connectivity index (χ3n) is 4.02. The zero-order chi connectivity index (χ0) is 16.2. The highest BCUT2D eigenvalue weighted by Gasteiger charge is 2.12. The average molecular weight is 370 g/mol. The Bertz CT molecular complexity index is 794. The molecule has 0 fully saturated rings. The van der Waals surface area contributed by atoms with Gasteiger partial charge in [-0.15, -0.1) is 0 Å². The first-order chi connectivity index (χ1) is 11.2. The summed E-state index contributed by atoms with van der Waals surface area (Å²) in [7, 11) is 0. The van der Waals surface area contributed by atoms with Gasteiger partial charge in [-0.2, -0.15) is 5.10 Å². The summed E-state index contributed by atoms with van der Waals surface area (Å²) in [5.41, 5.74) is 5.89. The van der Waals surface area contributed by atoms with Crippen molar-refractivity contribution in [3.05, 3.63) is 81.6 Å². The van der Waals surface area contributed by atoms with Crippen molar-refractivity contribution in [3.8, 4) is 5.69 Å². The van der Waals surface area contributed by atoms with Crippen LogP contribution in [-0.2, 0) is 13.1 Å². The molecule has 0 atom stereocenters. The Labute approximate surface area is 145 Å². The third-order valence-corrected chi connectivity index (χ3v) is 4.79. The van der Waals surface area contributed by atoms with Gasteiger partial charge in [0.05, 0.1) is 11.4 Å². The molecule has 0 saturated carbocycles. The first-order valence-corrected chi connectivity index (χ1v) is 8.51. The fourth-order valence-electron chi connectivity index (χ4n) is 2.72. The normalized spacial score (nSPS) is 10.9. The molecule has 1 N–H and O–H groups in total. The Hall–Kier alpha value is -1.91. The molecule has 4 heteroatoms. The van der Waals surface area contributed by atoms with E-state index in [1.807, 2.05) is 28.9 Å². The molecule has 0 unspecified atom stereocenters. The Kier molecular flexibility index (Phi) is 4.94. The van der Waals surface area contributed by atoms with Gasteiger partial charge < -0.3 is 5.32 Å². The number of nitrogens with one attached hydrogen (secondary N) is 1. The van der Waals surface area contributed by atoms with Gasteiger partial charge in [-0.1, -0.05) is 52.3 Å². The van der Waals surface area contributed by atoms with Crippen LogP contribution < -0.4 is 5.32 Å². The van der Waals surface area contributed by atoms with Crippen molar-refractivity contribution in [2.24, 2.45) is 0 Å². The first-order valence-electron chi connectivity index (χ1n) is 7.71. The van der Waals surface area contributed by atoms with Crippen LogP contribution in [0.25, 0.3) is 5.69 Å². The van der Waals surface area contributed by atoms with E-state index in [0.29, 0.717) is 0 Å². The van der Waals surface area contributed by atoms with E-state index in [4.69, 9.17) is 5.10 Å². The summed E-state index contributed by atoms with van der Waals surface area (Å²) in [6.07, 6.45) is 0. The van der Waals surface area contributed by atoms with E-state index < -0.39 is 0 Å². The van der Waals surface area contributed by atoms with Gasteiger partial charge in [0.15, 0.2) is 0 Å². The minimum absolute atomic E-state index is 0.811. The molecule has 0 bridgehead atoms. The van der Waals surface area contributed by atoms with Crippen molar-refractivity contribution < 1.29 is 0 Å². The summed E-state index contributed by atoms with van der Waals surface area (Å²) < 4.78 is 3.16. The topological polar surface area (TPSA) is 29.9 Å². The molecule has 23 heavy (non-hydrogen) atoms. The highest BCUT2D eigenvalue weighted by atomic mass is 79.9. The zero-order valence-corrected chi connectivity index (χ0v) is 15.0. The molecular weight excluding hydrogens is 350 g/mol. The Morgan fingerprint density at radius 3 is 2.39 bits per heavy atom. The Morgan fingerprint density at radius 2 is 1.65 bits per heavy atom. The second-order valence-electron chi connectivity index (χ2n) is 5.59. The number of hydrogen-bond donors (Lipinski definition) is 1. The summed E-state index contributed by atoms with van der Waals surface area (Å²) in [6.45, 7) is 5.84. The molecule has 0 aliphatic heterocycles. The molecule has 3 nitrogen and oxygen atoms in total. The van der Waals surface area contributed by atoms with Crippen molar-refractivity contribution in [2.75, 3.05) is 0 Å². The zero-order valence-electron chi connectivity index (χ0n) is 13.4. The minimum Gasteiger partial charge on any atom is -0.308 e. The smallest absolute Gasteiger partial charge is 0.0648 e. The minimum atomic E-state index is 0.811. The molecule has 0 amide bonds. The molecule has 0 spiro atoms. The average Bonchev–Trinajstić information content (AvgIpc) is 2.85. The first kappa shape index (κ1) is 16.0. The van der Waals surface area contributed by atoms with E-state index in [-0.39, 0.29) is 0 Å². The Balaban J connectivity index is 1.74. The summed E-state index contributed by atoms with van der Waals surface area (Å²) in [5.74, 6) is 0. The van der Waals surface area contributed by atoms with Gasteiger partial charge in [-0.05, 0) is 37.6 Å². The third kappa shape index (κ3) is 3.54. The highest BCUT2D eigenvalue weighted by molar-refractivity contribution is 9.10. The summed E-state index contributed by atoms with van der Waals surface area (Å²) in [4.78, 5) is 0. The van der Waals surface area contributed by atoms with Crippen LogP contribution >= 0.6 is 15.9 Å². The van der Waals surface area contributed by atoms with Gasteiger partial charge in [0.25, 0.3) is 0 Å². The van der Waals surface area contributed by atoms with E-state index in [9.17, 15) is 0 Å². The van der Waals surface area contributed by atoms with Crippen molar-refractivity contribution in [1.29, 1.82) is 0 Å². The monoisotopic (exact) mass is 369 g/mol. The number of aryl methyl sites for hydroxylation is 1. The standard InChI is InChI=1S/C19H20BrN3/c1-14-18(13-21-12-16-8-6-7-11-19(16)20)15(2)23(22-14)17-9-4-3-5-10-17/h3-11,21H,12-13H2,1-2H3. The number of nitrogens with zero attached hydrogens (tertiary/aromatic N) is 2. The molecule has 0 saturated heterocycles. The van der Waals surface area contributed by atoms with Crippen LogP contribution in [0, 0.1) is 13.8 Å². The number of aromatic nitrogens is 2. The lowest BCUT2D eigenvalue weighted by atomic mass is 10.2. The molecule has 0 aliphatic carbocycles. The van der Waals surface area contributed by atoms with Crippen LogP contribution in [0.1, 0.15) is 22.5 Å². The number of benzene rings is 2. The number of halogens is 1. The van der Waals surface area contributed by atoms with Gasteiger partial charge in [0.2, 0.25) is 0 Å². The van der Waals surface area contributed by atoms with Gasteiger partial charge >= 0.3 is 0 Å². The molecule has 1 aromatic heterocycles. The maximum Gasteiger partial charge on any atom is 0.0648 e. The largest absolute Gasteiger partial charge is 0.308 e. The molecule has 3 rings (SSSR count). The lowest BCUT2D eigenvalue weighted by Gasteiger charge is -2.08. The van der Waals surface area contributed by atoms with Crippen molar-refractivity contribution >= 4 is 15.9 Å². The van der Waals surface area contributed by atoms with Crippen molar-refractivity contribution in [3.63, 3.8) is 0 Å². The second kappa shape index (κ2) is 7.11. The van der Waals surface area contributed by atoms with Crippen LogP contribution in [-0.4, -0.2) is 9.78 Å². The summed E-state index contributed by atoms with van der Waals surface area (Å²) in [5, 5.41) is 8.21. The second-order valence-corrected chi connectivity index (χ2v) is 6.45.